The third-order valence-electron chi connectivity index (χ3n) is 7.72. The van der Waals surface area contributed by atoms with E-state index in [2.05, 4.69) is 21.4 Å². The first kappa shape index (κ1) is 25.7. The molecule has 1 aliphatic carbocycles. The predicted octanol–water partition coefficient (Wildman–Crippen LogP) is 3.76. The molecule has 2 saturated heterocycles. The van der Waals surface area contributed by atoms with E-state index in [1.54, 1.807) is 52.4 Å². The van der Waals surface area contributed by atoms with Gasteiger partial charge in [0.05, 0.1) is 36.7 Å². The van der Waals surface area contributed by atoms with Gasteiger partial charge in [0.2, 0.25) is 0 Å². The molecule has 2 amide bonds. The molecule has 3 fully saturated rings. The summed E-state index contributed by atoms with van der Waals surface area (Å²) in [5, 5.41) is 17.7. The number of cyclic esters (lactones) is 1. The summed E-state index contributed by atoms with van der Waals surface area (Å²) in [5.41, 5.74) is 0.536. The maximum Gasteiger partial charge on any atom is 0.414 e. The molecule has 1 saturated carbocycles. The van der Waals surface area contributed by atoms with Crippen molar-refractivity contribution in [2.75, 3.05) is 24.5 Å². The maximum absolute atomic E-state index is 15.2. The molecule has 1 unspecified atom stereocenters. The van der Waals surface area contributed by atoms with E-state index in [1.165, 1.54) is 11.0 Å². The van der Waals surface area contributed by atoms with Crippen molar-refractivity contribution >= 4 is 17.9 Å². The number of ether oxygens (including phenoxy) is 2. The number of benzene rings is 1. The first-order valence-electron chi connectivity index (χ1n) is 13.1. The number of nitriles is 1. The van der Waals surface area contributed by atoms with E-state index in [0.717, 1.165) is 0 Å². The van der Waals surface area contributed by atoms with Crippen molar-refractivity contribution in [2.45, 2.75) is 44.4 Å². The molecule has 2 aromatic heterocycles. The first-order valence-corrected chi connectivity index (χ1v) is 13.1. The monoisotopic (exact) mass is 545 g/mol. The first-order chi connectivity index (χ1) is 19.1. The Morgan fingerprint density at radius 1 is 1.23 bits per heavy atom. The topological polar surface area (TPSA) is 126 Å². The number of pyridine rings is 1. The van der Waals surface area contributed by atoms with E-state index in [-0.39, 0.29) is 24.5 Å². The predicted molar refractivity (Wildman–Crippen MR) is 139 cm³/mol. The third-order valence-corrected chi connectivity index (χ3v) is 7.72. The Morgan fingerprint density at radius 3 is 2.60 bits per heavy atom. The second-order valence-corrected chi connectivity index (χ2v) is 11.4. The number of rotatable bonds is 5. The molecule has 206 valence electrons. The third kappa shape index (κ3) is 4.41. The van der Waals surface area contributed by atoms with Gasteiger partial charge in [-0.25, -0.2) is 18.7 Å². The highest BCUT2D eigenvalue weighted by Gasteiger charge is 2.71. The van der Waals surface area contributed by atoms with Gasteiger partial charge in [0.15, 0.2) is 0 Å². The lowest BCUT2D eigenvalue weighted by molar-refractivity contribution is 0.0265. The Hall–Kier alpha value is -4.53. The molecular formula is C28H28FN7O4. The number of hydrogen-bond acceptors (Lipinski definition) is 8. The lowest BCUT2D eigenvalue weighted by atomic mass is 9.95. The highest BCUT2D eigenvalue weighted by Crippen LogP contribution is 2.62. The van der Waals surface area contributed by atoms with Crippen LogP contribution in [0.25, 0.3) is 11.1 Å². The van der Waals surface area contributed by atoms with Crippen molar-refractivity contribution in [3.05, 3.63) is 60.4 Å². The summed E-state index contributed by atoms with van der Waals surface area (Å²) in [4.78, 5) is 32.4. The highest BCUT2D eigenvalue weighted by atomic mass is 19.1. The number of likely N-dealkylation sites (tertiary alicyclic amines) is 1. The fraction of sp³-hybridized carbons (Fsp3) is 0.429. The van der Waals surface area contributed by atoms with E-state index >= 15 is 4.39 Å². The Kier molecular flexibility index (Phi) is 5.98. The number of halogens is 1. The van der Waals surface area contributed by atoms with Crippen molar-refractivity contribution < 1.29 is 23.5 Å². The average molecular weight is 546 g/mol. The SMILES string of the molecule is CC(C)(C)OC(=O)N1C[C@@H]2[C@H](C1)C2(C#N)c1ccc(-c2ccc(N3C[C@H](Cn4ccnn4)OC3=O)cc2F)cn1. The molecule has 11 nitrogen and oxygen atoms in total. The molecule has 2 aliphatic heterocycles. The highest BCUT2D eigenvalue weighted by molar-refractivity contribution is 5.90. The molecule has 3 aromatic rings. The van der Waals surface area contributed by atoms with Crippen LogP contribution in [0.2, 0.25) is 0 Å². The second kappa shape index (κ2) is 9.29. The summed E-state index contributed by atoms with van der Waals surface area (Å²) >= 11 is 0. The van der Waals surface area contributed by atoms with E-state index in [0.29, 0.717) is 42.1 Å². The number of hydrogen-bond donors (Lipinski definition) is 0. The summed E-state index contributed by atoms with van der Waals surface area (Å²) in [5.74, 6) is -0.549. The number of fused-ring (bicyclic) bond motifs is 1. The number of carbonyl (C=O) groups is 2. The second-order valence-electron chi connectivity index (χ2n) is 11.4. The van der Waals surface area contributed by atoms with Gasteiger partial charge in [0.1, 0.15) is 22.9 Å². The summed E-state index contributed by atoms with van der Waals surface area (Å²) in [6, 6.07) is 10.5. The van der Waals surface area contributed by atoms with E-state index in [1.807, 2.05) is 20.8 Å². The Bertz CT molecular complexity index is 1480. The van der Waals surface area contributed by atoms with Crippen LogP contribution in [0.1, 0.15) is 26.5 Å². The number of piperidine rings is 1. The normalized spacial score (nSPS) is 25.4. The van der Waals surface area contributed by atoms with Crippen LogP contribution in [-0.2, 0) is 21.4 Å². The minimum Gasteiger partial charge on any atom is -0.444 e. The van der Waals surface area contributed by atoms with Crippen LogP contribution in [0.4, 0.5) is 19.7 Å². The van der Waals surface area contributed by atoms with Gasteiger partial charge in [-0.1, -0.05) is 11.3 Å². The van der Waals surface area contributed by atoms with Crippen molar-refractivity contribution in [1.29, 1.82) is 5.26 Å². The lowest BCUT2D eigenvalue weighted by Gasteiger charge is -2.27. The van der Waals surface area contributed by atoms with Crippen LogP contribution in [-0.4, -0.2) is 68.4 Å². The molecule has 0 bridgehead atoms. The number of nitrogens with zero attached hydrogens (tertiary/aromatic N) is 7. The van der Waals surface area contributed by atoms with Crippen LogP contribution in [0.3, 0.4) is 0 Å². The maximum atomic E-state index is 15.2. The van der Waals surface area contributed by atoms with Crippen LogP contribution in [0.5, 0.6) is 0 Å². The molecule has 4 atom stereocenters. The van der Waals surface area contributed by atoms with Gasteiger partial charge >= 0.3 is 12.2 Å². The average Bonchev–Trinajstić information content (AvgIpc) is 3.41. The van der Waals surface area contributed by atoms with Gasteiger partial charge in [0, 0.05) is 48.4 Å². The lowest BCUT2D eigenvalue weighted by Crippen LogP contribution is -2.39. The van der Waals surface area contributed by atoms with Crippen LogP contribution in [0, 0.1) is 29.0 Å². The number of anilines is 1. The minimum atomic E-state index is -0.766. The summed E-state index contributed by atoms with van der Waals surface area (Å²) in [7, 11) is 0. The Morgan fingerprint density at radius 2 is 2.00 bits per heavy atom. The van der Waals surface area contributed by atoms with Crippen molar-refractivity contribution in [2.24, 2.45) is 11.8 Å². The van der Waals surface area contributed by atoms with Gasteiger partial charge in [0.25, 0.3) is 0 Å². The fourth-order valence-electron chi connectivity index (χ4n) is 5.78. The zero-order valence-electron chi connectivity index (χ0n) is 22.3. The van der Waals surface area contributed by atoms with Crippen molar-refractivity contribution in [1.82, 2.24) is 24.9 Å². The molecule has 1 aromatic carbocycles. The van der Waals surface area contributed by atoms with E-state index in [4.69, 9.17) is 9.47 Å². The minimum absolute atomic E-state index is 0.0204. The zero-order valence-corrected chi connectivity index (χ0v) is 22.3. The molecule has 0 radical (unpaired) electrons. The van der Waals surface area contributed by atoms with Gasteiger partial charge < -0.3 is 14.4 Å². The standard InChI is InChI=1S/C28H28FN7O4/c1-27(2,3)40-25(37)34-14-21-22(15-34)28(21,16-30)24-7-4-17(11-31-24)20-6-5-18(10-23(20)29)36-13-19(39-26(36)38)12-35-9-8-32-33-35/h4-11,19,21-22H,12-15H2,1-3H3/t19-,21-,22+,28?/m0/s1. The van der Waals surface area contributed by atoms with Gasteiger partial charge in [-0.05, 0) is 45.0 Å². The molecule has 6 rings (SSSR count). The van der Waals surface area contributed by atoms with Crippen LogP contribution >= 0.6 is 0 Å². The molecular weight excluding hydrogens is 517 g/mol. The van der Waals surface area contributed by atoms with Crippen LogP contribution in [0.15, 0.2) is 48.9 Å². The Labute approximate surface area is 230 Å². The summed E-state index contributed by atoms with van der Waals surface area (Å²) < 4.78 is 27.7. The van der Waals surface area contributed by atoms with Crippen molar-refractivity contribution in [3.8, 4) is 17.2 Å². The zero-order chi connectivity index (χ0) is 28.2. The van der Waals surface area contributed by atoms with E-state index in [9.17, 15) is 14.9 Å². The van der Waals surface area contributed by atoms with Crippen LogP contribution < -0.4 is 4.90 Å². The Balaban J connectivity index is 1.13. The molecule has 12 heteroatoms. The molecule has 40 heavy (non-hydrogen) atoms. The van der Waals surface area contributed by atoms with E-state index < -0.39 is 29.0 Å². The molecule has 0 spiro atoms. The molecule has 3 aliphatic rings. The van der Waals surface area contributed by atoms with Gasteiger partial charge in [-0.2, -0.15) is 5.26 Å². The fourth-order valence-corrected chi connectivity index (χ4v) is 5.78. The largest absolute Gasteiger partial charge is 0.444 e. The van der Waals surface area contributed by atoms with Gasteiger partial charge in [-0.15, -0.1) is 5.10 Å². The number of carbonyl (C=O) groups excluding carboxylic acids is 2. The molecule has 4 heterocycles. The van der Waals surface area contributed by atoms with Crippen molar-refractivity contribution in [3.63, 3.8) is 0 Å². The van der Waals surface area contributed by atoms with Gasteiger partial charge in [-0.3, -0.25) is 9.88 Å². The number of aromatic nitrogens is 4. The number of amides is 2. The summed E-state index contributed by atoms with van der Waals surface area (Å²) in [6.45, 7) is 6.95. The summed E-state index contributed by atoms with van der Waals surface area (Å²) in [6.07, 6.45) is 3.42. The smallest absolute Gasteiger partial charge is 0.414 e. The molecule has 0 N–H and O–H groups in total. The quantitative estimate of drug-likeness (QED) is 0.474.